The smallest absolute Gasteiger partial charge is 0.222 e. The summed E-state index contributed by atoms with van der Waals surface area (Å²) in [5.74, 6) is 1.09. The molecule has 4 heteroatoms. The maximum Gasteiger partial charge on any atom is 0.222 e. The van der Waals surface area contributed by atoms with Crippen LogP contribution in [0.15, 0.2) is 24.3 Å². The summed E-state index contributed by atoms with van der Waals surface area (Å²) in [6.45, 7) is 12.8. The van der Waals surface area contributed by atoms with E-state index in [1.54, 1.807) is 0 Å². The number of morpholine rings is 1. The molecule has 1 saturated carbocycles. The van der Waals surface area contributed by atoms with Crippen LogP contribution < -0.4 is 0 Å². The Labute approximate surface area is 177 Å². The maximum atomic E-state index is 13.1. The van der Waals surface area contributed by atoms with E-state index in [1.165, 1.54) is 36.8 Å². The molecule has 4 nitrogen and oxygen atoms in total. The van der Waals surface area contributed by atoms with Gasteiger partial charge in [-0.3, -0.25) is 9.69 Å². The number of hydrogen-bond acceptors (Lipinski definition) is 3. The second-order valence-corrected chi connectivity index (χ2v) is 9.91. The molecule has 162 valence electrons. The molecule has 1 aromatic carbocycles. The Morgan fingerprint density at radius 1 is 1.10 bits per heavy atom. The quantitative estimate of drug-likeness (QED) is 0.638. The van der Waals surface area contributed by atoms with Gasteiger partial charge in [-0.1, -0.05) is 70.7 Å². The number of carbonyl (C=O) groups excluding carboxylic acids is 1. The van der Waals surface area contributed by atoms with E-state index >= 15 is 0 Å². The highest BCUT2D eigenvalue weighted by Gasteiger charge is 2.21. The Kier molecular flexibility index (Phi) is 8.14. The van der Waals surface area contributed by atoms with E-state index < -0.39 is 0 Å². The number of ether oxygens (including phenoxy) is 1. The van der Waals surface area contributed by atoms with Crippen LogP contribution in [0.5, 0.6) is 0 Å². The zero-order valence-corrected chi connectivity index (χ0v) is 18.8. The fourth-order valence-corrected chi connectivity index (χ4v) is 4.49. The third-order valence-electron chi connectivity index (χ3n) is 6.58. The average Bonchev–Trinajstić information content (AvgIpc) is 3.23. The summed E-state index contributed by atoms with van der Waals surface area (Å²) in [5.41, 5.74) is 2.73. The lowest BCUT2D eigenvalue weighted by Crippen LogP contribution is -2.43. The Morgan fingerprint density at radius 3 is 2.38 bits per heavy atom. The second kappa shape index (κ2) is 10.6. The fourth-order valence-electron chi connectivity index (χ4n) is 4.49. The first-order valence-corrected chi connectivity index (χ1v) is 11.6. The van der Waals surface area contributed by atoms with E-state index in [2.05, 4.69) is 54.8 Å². The van der Waals surface area contributed by atoms with E-state index in [0.29, 0.717) is 12.3 Å². The predicted octanol–water partition coefficient (Wildman–Crippen LogP) is 4.62. The van der Waals surface area contributed by atoms with Crippen molar-refractivity contribution in [1.82, 2.24) is 9.80 Å². The Balaban J connectivity index is 1.59. The molecule has 3 rings (SSSR count). The Hall–Kier alpha value is -1.39. The summed E-state index contributed by atoms with van der Waals surface area (Å²) in [7, 11) is 0. The van der Waals surface area contributed by atoms with Gasteiger partial charge in [0.1, 0.15) is 0 Å². The minimum Gasteiger partial charge on any atom is -0.379 e. The molecule has 0 N–H and O–H groups in total. The van der Waals surface area contributed by atoms with Crippen molar-refractivity contribution in [3.05, 3.63) is 35.4 Å². The molecule has 0 unspecified atom stereocenters. The molecule has 0 aromatic heterocycles. The summed E-state index contributed by atoms with van der Waals surface area (Å²) < 4.78 is 5.46. The number of carbonyl (C=O) groups is 1. The van der Waals surface area contributed by atoms with E-state index in [0.717, 1.165) is 58.3 Å². The van der Waals surface area contributed by atoms with Gasteiger partial charge in [-0.15, -0.1) is 0 Å². The van der Waals surface area contributed by atoms with Crippen molar-refractivity contribution in [2.24, 2.45) is 5.92 Å². The first-order chi connectivity index (χ1) is 13.9. The predicted molar refractivity (Wildman–Crippen MR) is 119 cm³/mol. The van der Waals surface area contributed by atoms with E-state index in [4.69, 9.17) is 4.74 Å². The molecule has 1 amide bonds. The minimum absolute atomic E-state index is 0.158. The zero-order valence-electron chi connectivity index (χ0n) is 18.8. The molecule has 1 saturated heterocycles. The van der Waals surface area contributed by atoms with Gasteiger partial charge >= 0.3 is 0 Å². The molecule has 1 heterocycles. The van der Waals surface area contributed by atoms with Crippen molar-refractivity contribution in [2.45, 2.75) is 71.3 Å². The number of benzene rings is 1. The molecule has 2 aliphatic rings. The number of amides is 1. The summed E-state index contributed by atoms with van der Waals surface area (Å²) in [6, 6.07) is 8.84. The van der Waals surface area contributed by atoms with E-state index in [9.17, 15) is 4.79 Å². The lowest BCUT2D eigenvalue weighted by Gasteiger charge is -2.30. The van der Waals surface area contributed by atoms with Crippen molar-refractivity contribution in [3.63, 3.8) is 0 Å². The molecular formula is C25H40N2O2. The normalized spacial score (nSPS) is 18.9. The van der Waals surface area contributed by atoms with Crippen LogP contribution in [0.2, 0.25) is 0 Å². The third kappa shape index (κ3) is 7.11. The van der Waals surface area contributed by atoms with E-state index in [1.807, 2.05) is 0 Å². The van der Waals surface area contributed by atoms with Crippen molar-refractivity contribution in [3.8, 4) is 0 Å². The van der Waals surface area contributed by atoms with Gasteiger partial charge in [0.25, 0.3) is 0 Å². The monoisotopic (exact) mass is 400 g/mol. The molecule has 0 bridgehead atoms. The third-order valence-corrected chi connectivity index (χ3v) is 6.58. The average molecular weight is 401 g/mol. The summed E-state index contributed by atoms with van der Waals surface area (Å²) in [5, 5.41) is 0. The molecule has 2 fully saturated rings. The number of hydrogen-bond donors (Lipinski definition) is 0. The van der Waals surface area contributed by atoms with Crippen LogP contribution in [-0.4, -0.2) is 55.1 Å². The topological polar surface area (TPSA) is 32.8 Å². The highest BCUT2D eigenvalue weighted by molar-refractivity contribution is 5.76. The van der Waals surface area contributed by atoms with Crippen LogP contribution in [0.1, 0.15) is 70.4 Å². The summed E-state index contributed by atoms with van der Waals surface area (Å²) >= 11 is 0. The highest BCUT2D eigenvalue weighted by atomic mass is 16.5. The Morgan fingerprint density at radius 2 is 1.76 bits per heavy atom. The standard InChI is InChI=1S/C25H40N2O2/c1-25(2,3)23-11-8-22(9-12-23)20-27(15-14-26-16-18-29-19-17-26)24(28)13-10-21-6-4-5-7-21/h8-9,11-12,21H,4-7,10,13-20H2,1-3H3. The molecule has 1 aliphatic heterocycles. The van der Waals surface area contributed by atoms with Gasteiger partial charge in [-0.2, -0.15) is 0 Å². The van der Waals surface area contributed by atoms with Gasteiger partial charge in [-0.25, -0.2) is 0 Å². The van der Waals surface area contributed by atoms with Crippen LogP contribution in [0, 0.1) is 5.92 Å². The molecule has 1 aromatic rings. The fraction of sp³-hybridized carbons (Fsp3) is 0.720. The first-order valence-electron chi connectivity index (χ1n) is 11.6. The van der Waals surface area contributed by atoms with E-state index in [-0.39, 0.29) is 5.41 Å². The minimum atomic E-state index is 0.158. The number of rotatable bonds is 8. The van der Waals surface area contributed by atoms with Crippen molar-refractivity contribution >= 4 is 5.91 Å². The zero-order chi connectivity index (χ0) is 20.7. The lowest BCUT2D eigenvalue weighted by atomic mass is 9.87. The maximum absolute atomic E-state index is 13.1. The van der Waals surface area contributed by atoms with Crippen LogP contribution in [-0.2, 0) is 21.5 Å². The van der Waals surface area contributed by atoms with Gasteiger partial charge in [0.15, 0.2) is 0 Å². The largest absolute Gasteiger partial charge is 0.379 e. The SMILES string of the molecule is CC(C)(C)c1ccc(CN(CCN2CCOCC2)C(=O)CCC2CCCC2)cc1. The van der Waals surface area contributed by atoms with Gasteiger partial charge in [0.05, 0.1) is 13.2 Å². The van der Waals surface area contributed by atoms with Gasteiger partial charge < -0.3 is 9.64 Å². The van der Waals surface area contributed by atoms with Crippen molar-refractivity contribution in [2.75, 3.05) is 39.4 Å². The number of nitrogens with zero attached hydrogens (tertiary/aromatic N) is 2. The molecular weight excluding hydrogens is 360 g/mol. The van der Waals surface area contributed by atoms with Crippen LogP contribution in [0.25, 0.3) is 0 Å². The second-order valence-electron chi connectivity index (χ2n) is 9.91. The Bertz CT molecular complexity index is 623. The molecule has 29 heavy (non-hydrogen) atoms. The van der Waals surface area contributed by atoms with Crippen LogP contribution >= 0.6 is 0 Å². The van der Waals surface area contributed by atoms with Crippen LogP contribution in [0.3, 0.4) is 0 Å². The summed E-state index contributed by atoms with van der Waals surface area (Å²) in [6.07, 6.45) is 7.09. The highest BCUT2D eigenvalue weighted by Crippen LogP contribution is 2.29. The lowest BCUT2D eigenvalue weighted by molar-refractivity contribution is -0.132. The first kappa shape index (κ1) is 22.3. The van der Waals surface area contributed by atoms with Crippen molar-refractivity contribution in [1.29, 1.82) is 0 Å². The van der Waals surface area contributed by atoms with Crippen molar-refractivity contribution < 1.29 is 9.53 Å². The van der Waals surface area contributed by atoms with Gasteiger partial charge in [0, 0.05) is 39.1 Å². The van der Waals surface area contributed by atoms with Crippen LogP contribution in [0.4, 0.5) is 0 Å². The molecule has 1 aliphatic carbocycles. The van der Waals surface area contributed by atoms with Gasteiger partial charge in [0.2, 0.25) is 5.91 Å². The molecule has 0 spiro atoms. The molecule has 0 atom stereocenters. The summed E-state index contributed by atoms with van der Waals surface area (Å²) in [4.78, 5) is 17.6. The van der Waals surface area contributed by atoms with Gasteiger partial charge in [-0.05, 0) is 28.9 Å². The molecule has 0 radical (unpaired) electrons.